The van der Waals surface area contributed by atoms with E-state index in [1.807, 2.05) is 0 Å². The number of carbonyl (C=O) groups excluding carboxylic acids is 2. The van der Waals surface area contributed by atoms with Crippen molar-refractivity contribution in [3.8, 4) is 0 Å². The van der Waals surface area contributed by atoms with Crippen LogP contribution in [-0.2, 0) is 19.6 Å². The van der Waals surface area contributed by atoms with E-state index in [2.05, 4.69) is 15.4 Å². The molecule has 23 heavy (non-hydrogen) atoms. The average Bonchev–Trinajstić information content (AvgIpc) is 3.22. The zero-order valence-corrected chi connectivity index (χ0v) is 14.3. The van der Waals surface area contributed by atoms with Gasteiger partial charge >= 0.3 is 0 Å². The summed E-state index contributed by atoms with van der Waals surface area (Å²) >= 11 is 1.09. The predicted octanol–water partition coefficient (Wildman–Crippen LogP) is 0.449. The summed E-state index contributed by atoms with van der Waals surface area (Å²) in [7, 11) is -3.63. The fourth-order valence-corrected chi connectivity index (χ4v) is 4.45. The highest BCUT2D eigenvalue weighted by Crippen LogP contribution is 2.24. The molecule has 1 aromatic heterocycles. The molecule has 0 aromatic carbocycles. The van der Waals surface area contributed by atoms with Gasteiger partial charge in [0.2, 0.25) is 11.8 Å². The lowest BCUT2D eigenvalue weighted by Gasteiger charge is -2.11. The summed E-state index contributed by atoms with van der Waals surface area (Å²) in [5, 5.41) is 7.01. The van der Waals surface area contributed by atoms with Crippen molar-refractivity contribution in [1.29, 1.82) is 0 Å². The van der Waals surface area contributed by atoms with E-state index in [-0.39, 0.29) is 29.1 Å². The van der Waals surface area contributed by atoms with E-state index in [0.717, 1.165) is 37.0 Å². The van der Waals surface area contributed by atoms with Gasteiger partial charge in [-0.25, -0.2) is 13.1 Å². The lowest BCUT2D eigenvalue weighted by Crippen LogP contribution is -2.41. The molecular formula is C14H21N3O4S2. The van der Waals surface area contributed by atoms with Crippen LogP contribution in [0, 0.1) is 5.92 Å². The summed E-state index contributed by atoms with van der Waals surface area (Å²) in [6, 6.07) is 3.11. The molecule has 0 aliphatic heterocycles. The second-order valence-corrected chi connectivity index (χ2v) is 8.32. The van der Waals surface area contributed by atoms with Gasteiger partial charge in [-0.1, -0.05) is 18.9 Å². The van der Waals surface area contributed by atoms with Crippen molar-refractivity contribution >= 4 is 33.2 Å². The molecule has 1 fully saturated rings. The van der Waals surface area contributed by atoms with E-state index in [4.69, 9.17) is 0 Å². The van der Waals surface area contributed by atoms with Crippen LogP contribution in [0.25, 0.3) is 0 Å². The highest BCUT2D eigenvalue weighted by molar-refractivity contribution is 7.91. The molecular weight excluding hydrogens is 338 g/mol. The Morgan fingerprint density at radius 1 is 1.17 bits per heavy atom. The molecule has 0 radical (unpaired) electrons. The molecule has 128 valence electrons. The standard InChI is InChI=1S/C14H21N3O4S2/c18-12(10-17-23(20,21)13-6-3-9-22-13)15-7-8-16-14(19)11-4-1-2-5-11/h3,6,9,11,17H,1-2,4-5,7-8,10H2,(H,15,18)(H,16,19). The van der Waals surface area contributed by atoms with E-state index < -0.39 is 15.9 Å². The van der Waals surface area contributed by atoms with Crippen LogP contribution < -0.4 is 15.4 Å². The topological polar surface area (TPSA) is 104 Å². The van der Waals surface area contributed by atoms with Gasteiger partial charge in [0, 0.05) is 19.0 Å². The first-order valence-corrected chi connectivity index (χ1v) is 9.93. The number of sulfonamides is 1. The van der Waals surface area contributed by atoms with Crippen LogP contribution in [0.2, 0.25) is 0 Å². The highest BCUT2D eigenvalue weighted by Gasteiger charge is 2.22. The van der Waals surface area contributed by atoms with Crippen molar-refractivity contribution in [3.05, 3.63) is 17.5 Å². The number of hydrogen-bond acceptors (Lipinski definition) is 5. The van der Waals surface area contributed by atoms with Gasteiger partial charge in [0.25, 0.3) is 10.0 Å². The Balaban J connectivity index is 1.61. The summed E-state index contributed by atoms with van der Waals surface area (Å²) in [5.41, 5.74) is 0. The fourth-order valence-electron chi connectivity index (χ4n) is 2.43. The number of carbonyl (C=O) groups is 2. The van der Waals surface area contributed by atoms with Crippen molar-refractivity contribution in [1.82, 2.24) is 15.4 Å². The first-order valence-electron chi connectivity index (χ1n) is 7.56. The Kier molecular flexibility index (Phi) is 6.55. The number of rotatable bonds is 8. The van der Waals surface area contributed by atoms with Crippen LogP contribution >= 0.6 is 11.3 Å². The van der Waals surface area contributed by atoms with Crippen LogP contribution in [0.4, 0.5) is 0 Å². The highest BCUT2D eigenvalue weighted by atomic mass is 32.2. The molecule has 2 amide bonds. The molecule has 7 nitrogen and oxygen atoms in total. The molecule has 1 aliphatic rings. The maximum atomic E-state index is 11.8. The molecule has 3 N–H and O–H groups in total. The lowest BCUT2D eigenvalue weighted by atomic mass is 10.1. The predicted molar refractivity (Wildman–Crippen MR) is 87.5 cm³/mol. The minimum absolute atomic E-state index is 0.0372. The Labute approximate surface area is 139 Å². The first-order chi connectivity index (χ1) is 11.0. The molecule has 1 aliphatic carbocycles. The second kappa shape index (κ2) is 8.42. The van der Waals surface area contributed by atoms with E-state index in [1.54, 1.807) is 11.4 Å². The molecule has 9 heteroatoms. The van der Waals surface area contributed by atoms with Crippen molar-refractivity contribution in [2.75, 3.05) is 19.6 Å². The van der Waals surface area contributed by atoms with E-state index >= 15 is 0 Å². The van der Waals surface area contributed by atoms with Gasteiger partial charge in [-0.2, -0.15) is 0 Å². The summed E-state index contributed by atoms with van der Waals surface area (Å²) in [6.07, 6.45) is 4.06. The minimum atomic E-state index is -3.63. The first kappa shape index (κ1) is 17.9. The van der Waals surface area contributed by atoms with Gasteiger partial charge < -0.3 is 10.6 Å². The molecule has 2 rings (SSSR count). The largest absolute Gasteiger partial charge is 0.354 e. The van der Waals surface area contributed by atoms with Crippen molar-refractivity contribution < 1.29 is 18.0 Å². The van der Waals surface area contributed by atoms with Crippen LogP contribution in [0.1, 0.15) is 25.7 Å². The van der Waals surface area contributed by atoms with Crippen molar-refractivity contribution in [2.45, 2.75) is 29.9 Å². The average molecular weight is 359 g/mol. The Hall–Kier alpha value is -1.45. The van der Waals surface area contributed by atoms with Crippen LogP contribution in [0.3, 0.4) is 0 Å². The Morgan fingerprint density at radius 2 is 1.87 bits per heavy atom. The van der Waals surface area contributed by atoms with E-state index in [9.17, 15) is 18.0 Å². The monoisotopic (exact) mass is 359 g/mol. The minimum Gasteiger partial charge on any atom is -0.354 e. The zero-order valence-electron chi connectivity index (χ0n) is 12.7. The molecule has 1 saturated carbocycles. The molecule has 1 heterocycles. The van der Waals surface area contributed by atoms with Gasteiger partial charge in [0.1, 0.15) is 4.21 Å². The quantitative estimate of drug-likeness (QED) is 0.586. The normalized spacial score (nSPS) is 15.5. The van der Waals surface area contributed by atoms with Crippen LogP contribution in [-0.4, -0.2) is 39.9 Å². The smallest absolute Gasteiger partial charge is 0.250 e. The summed E-state index contributed by atoms with van der Waals surface area (Å²) < 4.78 is 26.1. The fraction of sp³-hybridized carbons (Fsp3) is 0.571. The molecule has 0 saturated heterocycles. The van der Waals surface area contributed by atoms with Gasteiger partial charge in [-0.05, 0) is 24.3 Å². The SMILES string of the molecule is O=C(CNS(=O)(=O)c1cccs1)NCCNC(=O)C1CCCC1. The summed E-state index contributed by atoms with van der Waals surface area (Å²) in [5.74, 6) is -0.293. The second-order valence-electron chi connectivity index (χ2n) is 5.38. The Bertz CT molecular complexity index is 622. The van der Waals surface area contributed by atoms with Gasteiger partial charge in [0.05, 0.1) is 6.54 Å². The maximum Gasteiger partial charge on any atom is 0.250 e. The summed E-state index contributed by atoms with van der Waals surface area (Å²) in [6.45, 7) is 0.299. The maximum absolute atomic E-state index is 11.8. The summed E-state index contributed by atoms with van der Waals surface area (Å²) in [4.78, 5) is 23.4. The third kappa shape index (κ3) is 5.60. The Morgan fingerprint density at radius 3 is 2.52 bits per heavy atom. The number of thiophene rings is 1. The van der Waals surface area contributed by atoms with Crippen molar-refractivity contribution in [2.24, 2.45) is 5.92 Å². The van der Waals surface area contributed by atoms with Crippen LogP contribution in [0.15, 0.2) is 21.7 Å². The van der Waals surface area contributed by atoms with Gasteiger partial charge in [-0.15, -0.1) is 11.3 Å². The van der Waals surface area contributed by atoms with Crippen LogP contribution in [0.5, 0.6) is 0 Å². The van der Waals surface area contributed by atoms with Gasteiger partial charge in [0.15, 0.2) is 0 Å². The van der Waals surface area contributed by atoms with Gasteiger partial charge in [-0.3, -0.25) is 9.59 Å². The third-order valence-electron chi connectivity index (χ3n) is 3.66. The lowest BCUT2D eigenvalue weighted by molar-refractivity contribution is -0.125. The number of nitrogens with one attached hydrogen (secondary N) is 3. The zero-order chi connectivity index (χ0) is 16.7. The molecule has 0 atom stereocenters. The van der Waals surface area contributed by atoms with Crippen molar-refractivity contribution in [3.63, 3.8) is 0 Å². The molecule has 0 spiro atoms. The van der Waals surface area contributed by atoms with E-state index in [0.29, 0.717) is 6.54 Å². The number of amides is 2. The third-order valence-corrected chi connectivity index (χ3v) is 6.45. The number of hydrogen-bond donors (Lipinski definition) is 3. The molecule has 1 aromatic rings. The molecule has 0 unspecified atom stereocenters. The van der Waals surface area contributed by atoms with E-state index in [1.165, 1.54) is 6.07 Å². The molecule has 0 bridgehead atoms.